The lowest BCUT2D eigenvalue weighted by Crippen LogP contribution is -2.49. The third-order valence-corrected chi connectivity index (χ3v) is 4.93. The van der Waals surface area contributed by atoms with Crippen molar-refractivity contribution in [3.05, 3.63) is 11.6 Å². The quantitative estimate of drug-likeness (QED) is 0.537. The van der Waals surface area contributed by atoms with Crippen LogP contribution in [0.25, 0.3) is 0 Å². The van der Waals surface area contributed by atoms with Crippen molar-refractivity contribution in [2.24, 2.45) is 0 Å². The summed E-state index contributed by atoms with van der Waals surface area (Å²) in [5, 5.41) is 0. The van der Waals surface area contributed by atoms with Crippen molar-refractivity contribution in [3.8, 4) is 0 Å². The summed E-state index contributed by atoms with van der Waals surface area (Å²) >= 11 is 1.64. The van der Waals surface area contributed by atoms with Crippen LogP contribution in [-0.2, 0) is 19.0 Å². The largest absolute Gasteiger partial charge is 0.466 e. The van der Waals surface area contributed by atoms with Gasteiger partial charge >= 0.3 is 12.1 Å². The van der Waals surface area contributed by atoms with E-state index in [1.54, 1.807) is 22.7 Å². The topological polar surface area (TPSA) is 65.1 Å². The molecule has 1 aliphatic heterocycles. The number of nitrogens with zero attached hydrogens (tertiary/aromatic N) is 1. The highest BCUT2D eigenvalue weighted by Crippen LogP contribution is 2.32. The van der Waals surface area contributed by atoms with E-state index in [2.05, 4.69) is 20.8 Å². The van der Waals surface area contributed by atoms with Crippen LogP contribution in [0.3, 0.4) is 0 Å². The van der Waals surface area contributed by atoms with Crippen LogP contribution in [0.1, 0.15) is 55.4 Å². The molecule has 1 heterocycles. The fourth-order valence-corrected chi connectivity index (χ4v) is 3.26. The Kier molecular flexibility index (Phi) is 7.21. The van der Waals surface area contributed by atoms with Crippen LogP contribution < -0.4 is 0 Å². The Bertz CT molecular complexity index is 557. The molecule has 26 heavy (non-hydrogen) atoms. The zero-order chi connectivity index (χ0) is 20.3. The van der Waals surface area contributed by atoms with Crippen molar-refractivity contribution < 1.29 is 23.8 Å². The second-order valence-corrected chi connectivity index (χ2v) is 10.6. The number of methoxy groups -OCH3 is 1. The number of carbonyl (C=O) groups is 2. The van der Waals surface area contributed by atoms with Crippen LogP contribution in [-0.4, -0.2) is 58.5 Å². The van der Waals surface area contributed by atoms with Gasteiger partial charge in [-0.3, -0.25) is 4.90 Å². The molecule has 0 spiro atoms. The number of thioether (sulfide) groups is 1. The fraction of sp³-hybridized carbons (Fsp3) is 0.789. The first-order valence-electron chi connectivity index (χ1n) is 8.75. The van der Waals surface area contributed by atoms with E-state index < -0.39 is 29.4 Å². The van der Waals surface area contributed by atoms with Gasteiger partial charge in [-0.05, 0) is 40.7 Å². The highest BCUT2D eigenvalue weighted by atomic mass is 32.2. The van der Waals surface area contributed by atoms with Crippen LogP contribution in [0.5, 0.6) is 0 Å². The molecule has 0 radical (unpaired) electrons. The molecule has 6 nitrogen and oxygen atoms in total. The zero-order valence-electron chi connectivity index (χ0n) is 17.5. The Morgan fingerprint density at radius 2 is 1.81 bits per heavy atom. The summed E-state index contributed by atoms with van der Waals surface area (Å²) in [4.78, 5) is 26.4. The van der Waals surface area contributed by atoms with Gasteiger partial charge in [0.15, 0.2) is 0 Å². The third-order valence-electron chi connectivity index (χ3n) is 3.61. The van der Waals surface area contributed by atoms with Gasteiger partial charge in [-0.2, -0.15) is 11.8 Å². The van der Waals surface area contributed by atoms with Crippen LogP contribution in [0.15, 0.2) is 11.6 Å². The highest BCUT2D eigenvalue weighted by molar-refractivity contribution is 8.00. The smallest absolute Gasteiger partial charge is 0.413 e. The molecule has 1 saturated heterocycles. The molecule has 7 heteroatoms. The molecule has 0 bridgehead atoms. The molecule has 1 amide bonds. The summed E-state index contributed by atoms with van der Waals surface area (Å²) in [6, 6.07) is -0.394. The van der Waals surface area contributed by atoms with E-state index >= 15 is 0 Å². The molecule has 0 aliphatic carbocycles. The molecule has 0 N–H and O–H groups in total. The van der Waals surface area contributed by atoms with Crippen molar-refractivity contribution in [2.45, 2.75) is 77.5 Å². The molecule has 1 aliphatic rings. The Morgan fingerprint density at radius 3 is 2.27 bits per heavy atom. The lowest BCUT2D eigenvalue weighted by atomic mass is 10.1. The summed E-state index contributed by atoms with van der Waals surface area (Å²) < 4.78 is 16.2. The van der Waals surface area contributed by atoms with E-state index in [0.717, 1.165) is 0 Å². The van der Waals surface area contributed by atoms with Gasteiger partial charge in [0.1, 0.15) is 11.3 Å². The van der Waals surface area contributed by atoms with Crippen molar-refractivity contribution in [2.75, 3.05) is 19.5 Å². The van der Waals surface area contributed by atoms with Crippen LogP contribution in [0.4, 0.5) is 4.79 Å². The lowest BCUT2D eigenvalue weighted by molar-refractivity contribution is -0.136. The Balaban J connectivity index is 3.11. The van der Waals surface area contributed by atoms with E-state index in [9.17, 15) is 9.59 Å². The predicted molar refractivity (Wildman–Crippen MR) is 104 cm³/mol. The molecule has 1 fully saturated rings. The summed E-state index contributed by atoms with van der Waals surface area (Å²) in [6.07, 6.45) is 1.30. The second-order valence-electron chi connectivity index (χ2n) is 8.76. The summed E-state index contributed by atoms with van der Waals surface area (Å²) in [6.45, 7) is 15.6. The molecular weight excluding hydrogens is 354 g/mol. The van der Waals surface area contributed by atoms with Gasteiger partial charge in [0.25, 0.3) is 0 Å². The molecule has 1 atom stereocenters. The van der Waals surface area contributed by atoms with Gasteiger partial charge in [-0.1, -0.05) is 20.8 Å². The van der Waals surface area contributed by atoms with Crippen LogP contribution >= 0.6 is 11.8 Å². The van der Waals surface area contributed by atoms with E-state index in [1.165, 1.54) is 7.11 Å². The average Bonchev–Trinajstić information content (AvgIpc) is 2.74. The maximum absolute atomic E-state index is 12.7. The first-order valence-corrected chi connectivity index (χ1v) is 9.74. The van der Waals surface area contributed by atoms with E-state index in [1.807, 2.05) is 34.6 Å². The van der Waals surface area contributed by atoms with Crippen LogP contribution in [0, 0.1) is 0 Å². The highest BCUT2D eigenvalue weighted by Gasteiger charge is 2.45. The Hall–Kier alpha value is -1.21. The van der Waals surface area contributed by atoms with Crippen molar-refractivity contribution >= 4 is 23.8 Å². The number of rotatable bonds is 4. The minimum Gasteiger partial charge on any atom is -0.466 e. The fourth-order valence-electron chi connectivity index (χ4n) is 2.45. The molecule has 0 unspecified atom stereocenters. The normalized spacial score (nSPS) is 20.9. The van der Waals surface area contributed by atoms with Gasteiger partial charge in [-0.15, -0.1) is 0 Å². The van der Waals surface area contributed by atoms with Gasteiger partial charge in [-0.25, -0.2) is 9.59 Å². The van der Waals surface area contributed by atoms with Gasteiger partial charge < -0.3 is 14.2 Å². The average molecular weight is 388 g/mol. The number of amides is 1. The van der Waals surface area contributed by atoms with E-state index in [4.69, 9.17) is 14.2 Å². The first-order chi connectivity index (χ1) is 11.7. The predicted octanol–water partition coefficient (Wildman–Crippen LogP) is 3.99. The minimum atomic E-state index is -0.818. The number of esters is 1. The monoisotopic (exact) mass is 387 g/mol. The van der Waals surface area contributed by atoms with Crippen molar-refractivity contribution in [3.63, 3.8) is 0 Å². The number of hydrogen-bond donors (Lipinski definition) is 0. The van der Waals surface area contributed by atoms with E-state index in [-0.39, 0.29) is 4.75 Å². The number of ether oxygens (including phenoxy) is 3. The molecule has 0 aromatic rings. The molecule has 1 rings (SSSR count). The first kappa shape index (κ1) is 22.8. The third kappa shape index (κ3) is 6.83. The zero-order valence-corrected chi connectivity index (χ0v) is 18.3. The van der Waals surface area contributed by atoms with Gasteiger partial charge in [0.05, 0.1) is 19.8 Å². The maximum atomic E-state index is 12.7. The summed E-state index contributed by atoms with van der Waals surface area (Å²) in [5.74, 6) is 0.102. The van der Waals surface area contributed by atoms with Gasteiger partial charge in [0, 0.05) is 16.1 Å². The van der Waals surface area contributed by atoms with E-state index in [0.29, 0.717) is 17.9 Å². The number of carbonyl (C=O) groups excluding carboxylic acids is 2. The lowest BCUT2D eigenvalue weighted by Gasteiger charge is -2.34. The SMILES string of the molecule is COC(=O)/C(=C/[C@H]1COC(C)(C)N1C(=O)OC(C)(C)C)CSC(C)(C)C. The molecule has 150 valence electrons. The molecular formula is C19H33NO5S. The second kappa shape index (κ2) is 8.21. The minimum absolute atomic E-state index is 0.00338. The summed E-state index contributed by atoms with van der Waals surface area (Å²) in [5.41, 5.74) is -0.911. The molecule has 0 saturated carbocycles. The Labute approximate surface area is 161 Å². The molecule has 0 aromatic heterocycles. The van der Waals surface area contributed by atoms with Crippen molar-refractivity contribution in [1.82, 2.24) is 4.90 Å². The Morgan fingerprint density at radius 1 is 1.23 bits per heavy atom. The maximum Gasteiger partial charge on any atom is 0.413 e. The number of hydrogen-bond acceptors (Lipinski definition) is 6. The standard InChI is InChI=1S/C19H33NO5S/c1-17(2,3)25-16(22)20-14(11-24-19(20,7)8)10-13(15(21)23-9)12-26-18(4,5)6/h10,14H,11-12H2,1-9H3/b13-10+/t14-/m0/s1. The molecule has 0 aromatic carbocycles. The van der Waals surface area contributed by atoms with Crippen LogP contribution in [0.2, 0.25) is 0 Å². The van der Waals surface area contributed by atoms with Crippen molar-refractivity contribution in [1.29, 1.82) is 0 Å². The summed E-state index contributed by atoms with van der Waals surface area (Å²) in [7, 11) is 1.36. The van der Waals surface area contributed by atoms with Gasteiger partial charge in [0.2, 0.25) is 0 Å².